The zero-order valence-electron chi connectivity index (χ0n) is 14.7. The smallest absolute Gasteiger partial charge is 0.270 e. The van der Waals surface area contributed by atoms with Gasteiger partial charge in [-0.25, -0.2) is 9.97 Å². The van der Waals surface area contributed by atoms with Crippen LogP contribution in [-0.2, 0) is 0 Å². The van der Waals surface area contributed by atoms with Crippen molar-refractivity contribution >= 4 is 17.2 Å². The van der Waals surface area contributed by atoms with Crippen molar-refractivity contribution in [3.8, 4) is 11.8 Å². The molecule has 0 saturated carbocycles. The Morgan fingerprint density at radius 2 is 1.86 bits per heavy atom. The molecule has 3 aromatic heterocycles. The Kier molecular flexibility index (Phi) is 4.64. The van der Waals surface area contributed by atoms with Gasteiger partial charge in [-0.15, -0.1) is 0 Å². The molecule has 0 aliphatic heterocycles. The van der Waals surface area contributed by atoms with Gasteiger partial charge in [0.1, 0.15) is 16.9 Å². The minimum atomic E-state index is -0.523. The SMILES string of the molecule is O=C(Nc1cccc(C#Cc2ccccn2)c1)c1cnc2ccccn2c1=O. The zero-order chi connectivity index (χ0) is 19.3. The first-order chi connectivity index (χ1) is 13.7. The highest BCUT2D eigenvalue weighted by Crippen LogP contribution is 2.11. The monoisotopic (exact) mass is 366 g/mol. The summed E-state index contributed by atoms with van der Waals surface area (Å²) in [6.45, 7) is 0. The maximum absolute atomic E-state index is 12.6. The summed E-state index contributed by atoms with van der Waals surface area (Å²) in [6.07, 6.45) is 4.55. The summed E-state index contributed by atoms with van der Waals surface area (Å²) in [5, 5.41) is 2.73. The molecule has 1 amide bonds. The Morgan fingerprint density at radius 3 is 2.71 bits per heavy atom. The molecule has 0 unspecified atom stereocenters. The molecule has 4 aromatic rings. The van der Waals surface area contributed by atoms with Crippen molar-refractivity contribution in [1.29, 1.82) is 0 Å². The summed E-state index contributed by atoms with van der Waals surface area (Å²) < 4.78 is 1.34. The van der Waals surface area contributed by atoms with E-state index in [1.54, 1.807) is 48.8 Å². The van der Waals surface area contributed by atoms with Crippen molar-refractivity contribution in [3.63, 3.8) is 0 Å². The van der Waals surface area contributed by atoms with E-state index in [9.17, 15) is 9.59 Å². The third kappa shape index (κ3) is 3.64. The minimum absolute atomic E-state index is 0.0336. The number of hydrogen-bond donors (Lipinski definition) is 1. The summed E-state index contributed by atoms with van der Waals surface area (Å²) in [5.41, 5.74) is 1.94. The number of anilines is 1. The average Bonchev–Trinajstić information content (AvgIpc) is 2.74. The van der Waals surface area contributed by atoms with Crippen LogP contribution in [0.15, 0.2) is 84.0 Å². The molecule has 1 aromatic carbocycles. The van der Waals surface area contributed by atoms with Crippen LogP contribution >= 0.6 is 0 Å². The summed E-state index contributed by atoms with van der Waals surface area (Å²) >= 11 is 0. The van der Waals surface area contributed by atoms with Crippen LogP contribution in [0.3, 0.4) is 0 Å². The van der Waals surface area contributed by atoms with Crippen molar-refractivity contribution in [2.75, 3.05) is 5.32 Å². The van der Waals surface area contributed by atoms with Gasteiger partial charge in [0.25, 0.3) is 11.5 Å². The van der Waals surface area contributed by atoms with Gasteiger partial charge in [-0.1, -0.05) is 24.1 Å². The average molecular weight is 366 g/mol. The number of hydrogen-bond acceptors (Lipinski definition) is 4. The largest absolute Gasteiger partial charge is 0.322 e. The van der Waals surface area contributed by atoms with Crippen molar-refractivity contribution in [2.45, 2.75) is 0 Å². The molecular formula is C22H14N4O2. The van der Waals surface area contributed by atoms with E-state index in [-0.39, 0.29) is 5.56 Å². The highest BCUT2D eigenvalue weighted by Gasteiger charge is 2.13. The number of nitrogens with zero attached hydrogens (tertiary/aromatic N) is 3. The highest BCUT2D eigenvalue weighted by atomic mass is 16.2. The number of rotatable bonds is 2. The van der Waals surface area contributed by atoms with Crippen LogP contribution in [0.4, 0.5) is 5.69 Å². The summed E-state index contributed by atoms with van der Waals surface area (Å²) in [5.74, 6) is 5.45. The topological polar surface area (TPSA) is 76.4 Å². The van der Waals surface area contributed by atoms with Gasteiger partial charge in [0, 0.05) is 29.8 Å². The second-order valence-corrected chi connectivity index (χ2v) is 5.91. The zero-order valence-corrected chi connectivity index (χ0v) is 14.7. The van der Waals surface area contributed by atoms with Crippen LogP contribution in [0.2, 0.25) is 0 Å². The Hall–Kier alpha value is -4.24. The predicted molar refractivity (Wildman–Crippen MR) is 106 cm³/mol. The highest BCUT2D eigenvalue weighted by molar-refractivity contribution is 6.04. The van der Waals surface area contributed by atoms with E-state index in [0.29, 0.717) is 17.0 Å². The molecular weight excluding hydrogens is 352 g/mol. The van der Waals surface area contributed by atoms with Gasteiger partial charge in [0.15, 0.2) is 0 Å². The third-order valence-electron chi connectivity index (χ3n) is 3.98. The van der Waals surface area contributed by atoms with Gasteiger partial charge in [0.05, 0.1) is 0 Å². The first kappa shape index (κ1) is 17.2. The minimum Gasteiger partial charge on any atom is -0.322 e. The van der Waals surface area contributed by atoms with Crippen LogP contribution in [0.1, 0.15) is 21.6 Å². The summed E-state index contributed by atoms with van der Waals surface area (Å²) in [7, 11) is 0. The fraction of sp³-hybridized carbons (Fsp3) is 0. The molecule has 0 saturated heterocycles. The quantitative estimate of drug-likeness (QED) is 0.554. The Morgan fingerprint density at radius 1 is 0.964 bits per heavy atom. The molecule has 134 valence electrons. The van der Waals surface area contributed by atoms with Crippen molar-refractivity contribution < 1.29 is 4.79 Å². The first-order valence-corrected chi connectivity index (χ1v) is 8.51. The van der Waals surface area contributed by atoms with E-state index in [2.05, 4.69) is 27.1 Å². The van der Waals surface area contributed by atoms with Gasteiger partial charge >= 0.3 is 0 Å². The predicted octanol–water partition coefficient (Wildman–Crippen LogP) is 2.74. The number of amides is 1. The molecule has 1 N–H and O–H groups in total. The van der Waals surface area contributed by atoms with Crippen LogP contribution in [0.5, 0.6) is 0 Å². The van der Waals surface area contributed by atoms with Crippen LogP contribution in [0, 0.1) is 11.8 Å². The van der Waals surface area contributed by atoms with Gasteiger partial charge < -0.3 is 5.32 Å². The lowest BCUT2D eigenvalue weighted by Crippen LogP contribution is -2.26. The molecule has 3 heterocycles. The normalized spacial score (nSPS) is 10.1. The number of fused-ring (bicyclic) bond motifs is 1. The molecule has 6 nitrogen and oxygen atoms in total. The van der Waals surface area contributed by atoms with Crippen molar-refractivity contribution in [3.05, 3.63) is 106 Å². The third-order valence-corrected chi connectivity index (χ3v) is 3.98. The van der Waals surface area contributed by atoms with Crippen molar-refractivity contribution in [2.24, 2.45) is 0 Å². The lowest BCUT2D eigenvalue weighted by molar-refractivity contribution is 0.102. The molecule has 0 fully saturated rings. The van der Waals surface area contributed by atoms with E-state index < -0.39 is 11.5 Å². The molecule has 0 spiro atoms. The van der Waals surface area contributed by atoms with E-state index >= 15 is 0 Å². The molecule has 4 rings (SSSR count). The van der Waals surface area contributed by atoms with Crippen molar-refractivity contribution in [1.82, 2.24) is 14.4 Å². The number of pyridine rings is 2. The first-order valence-electron chi connectivity index (χ1n) is 8.51. The maximum Gasteiger partial charge on any atom is 0.270 e. The van der Waals surface area contributed by atoms with E-state index in [1.165, 1.54) is 10.6 Å². The molecule has 0 bridgehead atoms. The Balaban J connectivity index is 1.58. The second kappa shape index (κ2) is 7.56. The van der Waals surface area contributed by atoms with Gasteiger partial charge in [-0.2, -0.15) is 0 Å². The molecule has 0 radical (unpaired) electrons. The number of aromatic nitrogens is 3. The maximum atomic E-state index is 12.6. The fourth-order valence-electron chi connectivity index (χ4n) is 2.63. The van der Waals surface area contributed by atoms with Crippen LogP contribution in [0.25, 0.3) is 5.65 Å². The number of carbonyl (C=O) groups is 1. The number of carbonyl (C=O) groups excluding carboxylic acids is 1. The molecule has 0 atom stereocenters. The van der Waals surface area contributed by atoms with E-state index in [0.717, 1.165) is 5.56 Å². The fourth-order valence-corrected chi connectivity index (χ4v) is 2.63. The lowest BCUT2D eigenvalue weighted by Gasteiger charge is -2.06. The van der Waals surface area contributed by atoms with E-state index in [4.69, 9.17) is 0 Å². The van der Waals surface area contributed by atoms with Crippen LogP contribution in [-0.4, -0.2) is 20.3 Å². The molecule has 0 aliphatic rings. The molecule has 6 heteroatoms. The van der Waals surface area contributed by atoms with Gasteiger partial charge in [-0.05, 0) is 48.4 Å². The standard InChI is InChI=1S/C22H14N4O2/c27-21(19-15-24-20-9-2-4-13-26(20)22(19)28)25-18-8-5-6-16(14-18)10-11-17-7-1-3-12-23-17/h1-9,12-15H,(H,25,27). The van der Waals surface area contributed by atoms with E-state index in [1.807, 2.05) is 24.3 Å². The Labute approximate surface area is 160 Å². The Bertz CT molecular complexity index is 1280. The number of benzene rings is 1. The van der Waals surface area contributed by atoms with Gasteiger partial charge in [-0.3, -0.25) is 14.0 Å². The molecule has 0 aliphatic carbocycles. The number of nitrogens with one attached hydrogen (secondary N) is 1. The molecule has 28 heavy (non-hydrogen) atoms. The van der Waals surface area contributed by atoms with Crippen LogP contribution < -0.4 is 10.9 Å². The lowest BCUT2D eigenvalue weighted by atomic mass is 10.2. The summed E-state index contributed by atoms with van der Waals surface area (Å²) in [4.78, 5) is 33.4. The second-order valence-electron chi connectivity index (χ2n) is 5.91. The van der Waals surface area contributed by atoms with Gasteiger partial charge in [0.2, 0.25) is 0 Å². The summed E-state index contributed by atoms with van der Waals surface area (Å²) in [6, 6.07) is 17.8.